The fourth-order valence-electron chi connectivity index (χ4n) is 1.93. The van der Waals surface area contributed by atoms with Crippen LogP contribution >= 0.6 is 0 Å². The number of benzene rings is 2. The summed E-state index contributed by atoms with van der Waals surface area (Å²) < 4.78 is 5.21. The molecule has 0 spiro atoms. The van der Waals surface area contributed by atoms with E-state index in [4.69, 9.17) is 10.5 Å². The van der Waals surface area contributed by atoms with Gasteiger partial charge in [-0.05, 0) is 28.8 Å². The SMILES string of the molecule is COc1cccc(CNCc2ccc(CN)cc2)c1. The minimum Gasteiger partial charge on any atom is -0.497 e. The summed E-state index contributed by atoms with van der Waals surface area (Å²) in [6.45, 7) is 2.27. The molecule has 0 unspecified atom stereocenters. The molecule has 0 aromatic heterocycles. The molecule has 0 aliphatic rings. The van der Waals surface area contributed by atoms with Crippen molar-refractivity contribution >= 4 is 0 Å². The third-order valence-corrected chi connectivity index (χ3v) is 3.05. The second kappa shape index (κ2) is 6.92. The fraction of sp³-hybridized carbons (Fsp3) is 0.250. The summed E-state index contributed by atoms with van der Waals surface area (Å²) in [4.78, 5) is 0. The summed E-state index contributed by atoms with van der Waals surface area (Å²) in [7, 11) is 1.69. The summed E-state index contributed by atoms with van der Waals surface area (Å²) in [5, 5.41) is 3.42. The van der Waals surface area contributed by atoms with Crippen LogP contribution in [-0.2, 0) is 19.6 Å². The zero-order valence-electron chi connectivity index (χ0n) is 11.2. The Balaban J connectivity index is 1.85. The van der Waals surface area contributed by atoms with E-state index in [0.29, 0.717) is 6.54 Å². The molecule has 0 aliphatic carbocycles. The van der Waals surface area contributed by atoms with E-state index in [-0.39, 0.29) is 0 Å². The van der Waals surface area contributed by atoms with Crippen LogP contribution in [0.25, 0.3) is 0 Å². The van der Waals surface area contributed by atoms with E-state index in [2.05, 4.69) is 35.6 Å². The largest absolute Gasteiger partial charge is 0.497 e. The van der Waals surface area contributed by atoms with Crippen molar-refractivity contribution in [2.24, 2.45) is 5.73 Å². The molecule has 0 radical (unpaired) electrons. The lowest BCUT2D eigenvalue weighted by molar-refractivity contribution is 0.414. The van der Waals surface area contributed by atoms with Crippen LogP contribution in [-0.4, -0.2) is 7.11 Å². The molecule has 2 aromatic rings. The summed E-state index contributed by atoms with van der Waals surface area (Å²) in [6, 6.07) is 16.5. The molecule has 0 bridgehead atoms. The normalized spacial score (nSPS) is 10.4. The van der Waals surface area contributed by atoms with Gasteiger partial charge in [-0.15, -0.1) is 0 Å². The van der Waals surface area contributed by atoms with E-state index >= 15 is 0 Å². The highest BCUT2D eigenvalue weighted by Crippen LogP contribution is 2.12. The second-order valence-corrected chi connectivity index (χ2v) is 4.48. The van der Waals surface area contributed by atoms with Crippen molar-refractivity contribution in [3.8, 4) is 5.75 Å². The van der Waals surface area contributed by atoms with E-state index in [1.165, 1.54) is 11.1 Å². The van der Waals surface area contributed by atoms with Crippen LogP contribution in [0.15, 0.2) is 48.5 Å². The molecular weight excluding hydrogens is 236 g/mol. The van der Waals surface area contributed by atoms with Crippen molar-refractivity contribution in [1.29, 1.82) is 0 Å². The number of rotatable bonds is 6. The topological polar surface area (TPSA) is 47.3 Å². The Hall–Kier alpha value is -1.84. The van der Waals surface area contributed by atoms with E-state index in [9.17, 15) is 0 Å². The average Bonchev–Trinajstić information content (AvgIpc) is 2.48. The highest BCUT2D eigenvalue weighted by Gasteiger charge is 1.97. The molecule has 2 aromatic carbocycles. The van der Waals surface area contributed by atoms with Gasteiger partial charge in [-0.1, -0.05) is 36.4 Å². The van der Waals surface area contributed by atoms with Gasteiger partial charge in [0.1, 0.15) is 5.75 Å². The molecule has 0 saturated carbocycles. The first-order chi connectivity index (χ1) is 9.31. The highest BCUT2D eigenvalue weighted by atomic mass is 16.5. The van der Waals surface area contributed by atoms with Crippen molar-refractivity contribution in [3.05, 3.63) is 65.2 Å². The van der Waals surface area contributed by atoms with Gasteiger partial charge in [-0.25, -0.2) is 0 Å². The van der Waals surface area contributed by atoms with Crippen molar-refractivity contribution in [3.63, 3.8) is 0 Å². The lowest BCUT2D eigenvalue weighted by Gasteiger charge is -2.07. The third-order valence-electron chi connectivity index (χ3n) is 3.05. The fourth-order valence-corrected chi connectivity index (χ4v) is 1.93. The summed E-state index contributed by atoms with van der Waals surface area (Å²) in [6.07, 6.45) is 0. The van der Waals surface area contributed by atoms with E-state index < -0.39 is 0 Å². The molecule has 3 N–H and O–H groups in total. The lowest BCUT2D eigenvalue weighted by atomic mass is 10.1. The Labute approximate surface area is 114 Å². The Morgan fingerprint density at radius 2 is 1.63 bits per heavy atom. The zero-order chi connectivity index (χ0) is 13.5. The molecule has 0 heterocycles. The van der Waals surface area contributed by atoms with Crippen LogP contribution in [0.4, 0.5) is 0 Å². The van der Waals surface area contributed by atoms with Crippen molar-refractivity contribution < 1.29 is 4.74 Å². The maximum atomic E-state index is 5.58. The molecular formula is C16H20N2O. The number of hydrogen-bond donors (Lipinski definition) is 2. The number of hydrogen-bond acceptors (Lipinski definition) is 3. The number of methoxy groups -OCH3 is 1. The maximum Gasteiger partial charge on any atom is 0.119 e. The van der Waals surface area contributed by atoms with E-state index in [0.717, 1.165) is 24.4 Å². The zero-order valence-corrected chi connectivity index (χ0v) is 11.2. The number of ether oxygens (including phenoxy) is 1. The third kappa shape index (κ3) is 4.09. The smallest absolute Gasteiger partial charge is 0.119 e. The van der Waals surface area contributed by atoms with Gasteiger partial charge < -0.3 is 15.8 Å². The molecule has 2 rings (SSSR count). The second-order valence-electron chi connectivity index (χ2n) is 4.48. The first kappa shape index (κ1) is 13.6. The predicted octanol–water partition coefficient (Wildman–Crippen LogP) is 2.44. The average molecular weight is 256 g/mol. The predicted molar refractivity (Wildman–Crippen MR) is 77.9 cm³/mol. The van der Waals surface area contributed by atoms with Crippen LogP contribution in [0.5, 0.6) is 5.75 Å². The van der Waals surface area contributed by atoms with Crippen molar-refractivity contribution in [1.82, 2.24) is 5.32 Å². The summed E-state index contributed by atoms with van der Waals surface area (Å²) in [5.41, 5.74) is 9.22. The molecule has 0 aliphatic heterocycles. The summed E-state index contributed by atoms with van der Waals surface area (Å²) >= 11 is 0. The van der Waals surface area contributed by atoms with Gasteiger partial charge in [0.15, 0.2) is 0 Å². The van der Waals surface area contributed by atoms with Crippen molar-refractivity contribution in [2.75, 3.05) is 7.11 Å². The van der Waals surface area contributed by atoms with Gasteiger partial charge in [-0.3, -0.25) is 0 Å². The van der Waals surface area contributed by atoms with E-state index in [1.807, 2.05) is 18.2 Å². The van der Waals surface area contributed by atoms with Gasteiger partial charge in [-0.2, -0.15) is 0 Å². The molecule has 100 valence electrons. The van der Waals surface area contributed by atoms with Gasteiger partial charge in [0.2, 0.25) is 0 Å². The molecule has 3 nitrogen and oxygen atoms in total. The molecule has 19 heavy (non-hydrogen) atoms. The molecule has 0 amide bonds. The highest BCUT2D eigenvalue weighted by molar-refractivity contribution is 5.28. The number of nitrogens with one attached hydrogen (secondary N) is 1. The molecule has 0 saturated heterocycles. The quantitative estimate of drug-likeness (QED) is 0.834. The molecule has 0 atom stereocenters. The Kier molecular flexibility index (Phi) is 4.95. The Bertz CT molecular complexity index is 508. The number of nitrogens with two attached hydrogens (primary N) is 1. The Morgan fingerprint density at radius 1 is 0.947 bits per heavy atom. The molecule has 3 heteroatoms. The van der Waals surface area contributed by atoms with Gasteiger partial charge in [0.25, 0.3) is 0 Å². The van der Waals surface area contributed by atoms with Gasteiger partial charge in [0.05, 0.1) is 7.11 Å². The van der Waals surface area contributed by atoms with E-state index in [1.54, 1.807) is 7.11 Å². The summed E-state index contributed by atoms with van der Waals surface area (Å²) in [5.74, 6) is 0.895. The Morgan fingerprint density at radius 3 is 2.32 bits per heavy atom. The van der Waals surface area contributed by atoms with Gasteiger partial charge >= 0.3 is 0 Å². The van der Waals surface area contributed by atoms with Gasteiger partial charge in [0, 0.05) is 19.6 Å². The molecule has 0 fully saturated rings. The first-order valence-corrected chi connectivity index (χ1v) is 6.43. The standard InChI is InChI=1S/C16H20N2O/c1-19-16-4-2-3-15(9-16)12-18-11-14-7-5-13(10-17)6-8-14/h2-9,18H,10-12,17H2,1H3. The van der Waals surface area contributed by atoms with Crippen LogP contribution in [0.3, 0.4) is 0 Å². The van der Waals surface area contributed by atoms with Crippen LogP contribution < -0.4 is 15.8 Å². The van der Waals surface area contributed by atoms with Crippen LogP contribution in [0.2, 0.25) is 0 Å². The van der Waals surface area contributed by atoms with Crippen LogP contribution in [0.1, 0.15) is 16.7 Å². The first-order valence-electron chi connectivity index (χ1n) is 6.43. The lowest BCUT2D eigenvalue weighted by Crippen LogP contribution is -2.12. The van der Waals surface area contributed by atoms with Crippen LogP contribution in [0, 0.1) is 0 Å². The minimum absolute atomic E-state index is 0.595. The van der Waals surface area contributed by atoms with Crippen molar-refractivity contribution in [2.45, 2.75) is 19.6 Å². The monoisotopic (exact) mass is 256 g/mol. The minimum atomic E-state index is 0.595. The maximum absolute atomic E-state index is 5.58.